The minimum Gasteiger partial charge on any atom is -0.462 e. The first-order valence-corrected chi connectivity index (χ1v) is 10.4. The van der Waals surface area contributed by atoms with Gasteiger partial charge in [-0.2, -0.15) is 0 Å². The summed E-state index contributed by atoms with van der Waals surface area (Å²) in [4.78, 5) is 38.2. The minimum atomic E-state index is -1.51. The van der Waals surface area contributed by atoms with Gasteiger partial charge in [-0.3, -0.25) is 14.9 Å². The zero-order chi connectivity index (χ0) is 23.0. The monoisotopic (exact) mass is 441 g/mol. The summed E-state index contributed by atoms with van der Waals surface area (Å²) in [5, 5.41) is 18.7. The van der Waals surface area contributed by atoms with Crippen LogP contribution in [0.15, 0.2) is 42.5 Å². The fourth-order valence-electron chi connectivity index (χ4n) is 4.42. The van der Waals surface area contributed by atoms with E-state index >= 15 is 0 Å². The van der Waals surface area contributed by atoms with Crippen molar-refractivity contribution in [3.8, 4) is 0 Å². The van der Waals surface area contributed by atoms with Gasteiger partial charge in [0.25, 0.3) is 0 Å². The third-order valence-corrected chi connectivity index (χ3v) is 6.00. The van der Waals surface area contributed by atoms with E-state index in [1.807, 2.05) is 0 Å². The number of carbonyl (C=O) groups excluding carboxylic acids is 3. The molecule has 0 aromatic heterocycles. The number of hydrogen-bond acceptors (Lipinski definition) is 6. The van der Waals surface area contributed by atoms with Crippen molar-refractivity contribution in [2.24, 2.45) is 5.92 Å². The number of carbonyl (C=O) groups is 3. The molecule has 1 spiro atoms. The number of anilines is 2. The van der Waals surface area contributed by atoms with Crippen molar-refractivity contribution in [3.63, 3.8) is 0 Å². The van der Waals surface area contributed by atoms with E-state index in [0.717, 1.165) is 0 Å². The molecule has 0 unspecified atom stereocenters. The predicted octanol–water partition coefficient (Wildman–Crippen LogP) is 2.15. The first-order valence-electron chi connectivity index (χ1n) is 10.4. The topological polar surface area (TPSA) is 117 Å². The first kappa shape index (κ1) is 21.9. The molecule has 2 aliphatic heterocycles. The predicted molar refractivity (Wildman–Crippen MR) is 114 cm³/mol. The molecule has 4 atom stereocenters. The van der Waals surface area contributed by atoms with Crippen molar-refractivity contribution < 1.29 is 28.6 Å². The third kappa shape index (κ3) is 3.63. The highest BCUT2D eigenvalue weighted by atomic mass is 19.1. The number of hydrogen-bond donors (Lipinski definition) is 4. The Bertz CT molecular complexity index is 1070. The van der Waals surface area contributed by atoms with Crippen LogP contribution in [0.25, 0.3) is 0 Å². The summed E-state index contributed by atoms with van der Waals surface area (Å²) >= 11 is 0. The molecule has 4 rings (SSSR count). The van der Waals surface area contributed by atoms with Crippen molar-refractivity contribution in [1.82, 2.24) is 5.32 Å². The summed E-state index contributed by atoms with van der Waals surface area (Å²) in [5.74, 6) is -2.84. The maximum absolute atomic E-state index is 14.1. The van der Waals surface area contributed by atoms with Crippen LogP contribution in [-0.2, 0) is 19.9 Å². The molecule has 4 N–H and O–H groups in total. The van der Waals surface area contributed by atoms with Gasteiger partial charge in [0, 0.05) is 23.0 Å². The fourth-order valence-corrected chi connectivity index (χ4v) is 4.42. The Hall–Kier alpha value is -3.30. The minimum absolute atomic E-state index is 0.174. The lowest BCUT2D eigenvalue weighted by Crippen LogP contribution is -2.53. The maximum Gasteiger partial charge on any atom is 0.338 e. The fraction of sp³-hybridized carbons (Fsp3) is 0.348. The molecule has 0 aliphatic carbocycles. The zero-order valence-corrected chi connectivity index (χ0v) is 17.6. The average molecular weight is 441 g/mol. The Morgan fingerprint density at radius 3 is 2.66 bits per heavy atom. The second-order valence-electron chi connectivity index (χ2n) is 8.02. The number of aliphatic hydroxyl groups is 1. The van der Waals surface area contributed by atoms with Crippen LogP contribution >= 0.6 is 0 Å². The summed E-state index contributed by atoms with van der Waals surface area (Å²) in [7, 11) is 0. The molecular weight excluding hydrogens is 417 g/mol. The molecule has 32 heavy (non-hydrogen) atoms. The lowest BCUT2D eigenvalue weighted by atomic mass is 9.79. The summed E-state index contributed by atoms with van der Waals surface area (Å²) in [6, 6.07) is 9.57. The summed E-state index contributed by atoms with van der Waals surface area (Å²) < 4.78 is 19.0. The number of ether oxygens (including phenoxy) is 1. The van der Waals surface area contributed by atoms with Crippen LogP contribution in [0.3, 0.4) is 0 Å². The second kappa shape index (κ2) is 8.33. The van der Waals surface area contributed by atoms with Crippen molar-refractivity contribution >= 4 is 29.2 Å². The van der Waals surface area contributed by atoms with Crippen LogP contribution < -0.4 is 16.0 Å². The van der Waals surface area contributed by atoms with Crippen molar-refractivity contribution in [1.29, 1.82) is 0 Å². The molecule has 168 valence electrons. The quantitative estimate of drug-likeness (QED) is 0.529. The van der Waals surface area contributed by atoms with Crippen LogP contribution in [0.5, 0.6) is 0 Å². The number of amides is 2. The van der Waals surface area contributed by atoms with E-state index in [-0.39, 0.29) is 13.0 Å². The zero-order valence-electron chi connectivity index (χ0n) is 17.6. The van der Waals surface area contributed by atoms with E-state index in [1.165, 1.54) is 30.3 Å². The molecule has 2 heterocycles. The van der Waals surface area contributed by atoms with E-state index in [2.05, 4.69) is 16.0 Å². The van der Waals surface area contributed by atoms with Crippen LogP contribution in [-0.4, -0.2) is 41.6 Å². The molecule has 0 bridgehead atoms. The number of fused-ring (bicyclic) bond motifs is 2. The Labute approximate surface area is 184 Å². The normalized spacial score (nSPS) is 24.7. The molecule has 8 nitrogen and oxygen atoms in total. The highest BCUT2D eigenvalue weighted by Gasteiger charge is 2.60. The van der Waals surface area contributed by atoms with Crippen LogP contribution in [0.1, 0.15) is 36.2 Å². The van der Waals surface area contributed by atoms with E-state index < -0.39 is 47.2 Å². The van der Waals surface area contributed by atoms with Crippen LogP contribution in [0.2, 0.25) is 0 Å². The van der Waals surface area contributed by atoms with Gasteiger partial charge in [-0.25, -0.2) is 9.18 Å². The largest absolute Gasteiger partial charge is 0.462 e. The van der Waals surface area contributed by atoms with Gasteiger partial charge in [-0.1, -0.05) is 0 Å². The summed E-state index contributed by atoms with van der Waals surface area (Å²) in [5.41, 5.74) is 0.0259. The highest BCUT2D eigenvalue weighted by molar-refractivity contribution is 6.10. The van der Waals surface area contributed by atoms with Gasteiger partial charge in [0.2, 0.25) is 11.8 Å². The number of benzene rings is 2. The number of halogens is 1. The van der Waals surface area contributed by atoms with Gasteiger partial charge < -0.3 is 20.5 Å². The third-order valence-electron chi connectivity index (χ3n) is 6.00. The molecule has 2 amide bonds. The smallest absolute Gasteiger partial charge is 0.338 e. The molecule has 2 aromatic rings. The molecular formula is C23H24FN3O5. The van der Waals surface area contributed by atoms with E-state index in [1.54, 1.807) is 26.0 Å². The van der Waals surface area contributed by atoms with Gasteiger partial charge in [-0.05, 0) is 62.7 Å². The maximum atomic E-state index is 14.1. The summed E-state index contributed by atoms with van der Waals surface area (Å²) in [6.45, 7) is 3.53. The molecule has 0 saturated carbocycles. The van der Waals surface area contributed by atoms with E-state index in [0.29, 0.717) is 22.5 Å². The number of rotatable bonds is 5. The SMILES string of the molecule is CCOC(=O)c1ccc(NC(=O)[C@H]2C[C@H]([C@H](C)O)N[C@]23C(=O)Nc2ccc(F)cc23)cc1. The molecule has 2 aliphatic rings. The molecule has 0 radical (unpaired) electrons. The molecule has 1 saturated heterocycles. The van der Waals surface area contributed by atoms with Gasteiger partial charge in [0.05, 0.1) is 24.2 Å². The van der Waals surface area contributed by atoms with E-state index in [9.17, 15) is 23.9 Å². The Morgan fingerprint density at radius 1 is 1.28 bits per heavy atom. The lowest BCUT2D eigenvalue weighted by Gasteiger charge is -2.29. The number of aliphatic hydroxyl groups excluding tert-OH is 1. The average Bonchev–Trinajstić information content (AvgIpc) is 3.29. The number of esters is 1. The summed E-state index contributed by atoms with van der Waals surface area (Å²) in [6.07, 6.45) is -0.660. The van der Waals surface area contributed by atoms with Gasteiger partial charge in [0.15, 0.2) is 0 Å². The Balaban J connectivity index is 1.64. The number of nitrogens with one attached hydrogen (secondary N) is 3. The molecule has 9 heteroatoms. The van der Waals surface area contributed by atoms with Gasteiger partial charge >= 0.3 is 5.97 Å². The standard InChI is InChI=1S/C23H24FN3O5/c1-3-32-21(30)13-4-7-15(8-5-13)25-20(29)17-11-19(12(2)28)27-23(17)16-10-14(24)6-9-18(16)26-22(23)31/h4-10,12,17,19,27-28H,3,11H2,1-2H3,(H,25,29)(H,26,31)/t12-,17+,19+,23-/m0/s1. The van der Waals surface area contributed by atoms with Gasteiger partial charge in [-0.15, -0.1) is 0 Å². The Kier molecular flexibility index (Phi) is 5.70. The second-order valence-corrected chi connectivity index (χ2v) is 8.02. The first-order chi connectivity index (χ1) is 15.3. The van der Waals surface area contributed by atoms with Crippen molar-refractivity contribution in [2.75, 3.05) is 17.2 Å². The molecule has 2 aromatic carbocycles. The van der Waals surface area contributed by atoms with Crippen LogP contribution in [0, 0.1) is 11.7 Å². The Morgan fingerprint density at radius 2 is 2.00 bits per heavy atom. The van der Waals surface area contributed by atoms with Gasteiger partial charge in [0.1, 0.15) is 11.4 Å². The van der Waals surface area contributed by atoms with Crippen molar-refractivity contribution in [3.05, 3.63) is 59.4 Å². The van der Waals surface area contributed by atoms with Crippen LogP contribution in [0.4, 0.5) is 15.8 Å². The molecule has 1 fully saturated rings. The van der Waals surface area contributed by atoms with Crippen molar-refractivity contribution in [2.45, 2.75) is 38.0 Å². The highest BCUT2D eigenvalue weighted by Crippen LogP contribution is 2.47. The van der Waals surface area contributed by atoms with E-state index in [4.69, 9.17) is 4.74 Å². The lowest BCUT2D eigenvalue weighted by molar-refractivity contribution is -0.130.